The van der Waals surface area contributed by atoms with Crippen LogP contribution in [0.3, 0.4) is 0 Å². The van der Waals surface area contributed by atoms with Gasteiger partial charge in [-0.05, 0) is 29.5 Å². The molecule has 0 saturated heterocycles. The van der Waals surface area contributed by atoms with Crippen molar-refractivity contribution in [1.82, 2.24) is 0 Å². The number of hydrogen-bond acceptors (Lipinski definition) is 2. The van der Waals surface area contributed by atoms with Gasteiger partial charge in [-0.3, -0.25) is 4.79 Å². The Hall–Kier alpha value is -1.22. The molecule has 0 aliphatic carbocycles. The van der Waals surface area contributed by atoms with Gasteiger partial charge in [0.25, 0.3) is 5.91 Å². The number of hydrogen-bond donors (Lipinski definition) is 1. The summed E-state index contributed by atoms with van der Waals surface area (Å²) >= 11 is 6.52. The van der Waals surface area contributed by atoms with Gasteiger partial charge in [0.15, 0.2) is 6.61 Å². The van der Waals surface area contributed by atoms with Gasteiger partial charge in [0.1, 0.15) is 5.75 Å². The standard InChI is InChI=1S/C14H18ClNO2/c1-4-14(2,3)13(15)9-5-6-11-10(7-9)16-12(17)8-18-11/h5-7,13H,4,8H2,1-3H3,(H,16,17). The normalized spacial score (nSPS) is 16.6. The quantitative estimate of drug-likeness (QED) is 0.848. The summed E-state index contributed by atoms with van der Waals surface area (Å²) < 4.78 is 5.33. The number of rotatable bonds is 3. The number of fused-ring (bicyclic) bond motifs is 1. The van der Waals surface area contributed by atoms with Gasteiger partial charge in [0, 0.05) is 0 Å². The Morgan fingerprint density at radius 1 is 1.50 bits per heavy atom. The molecule has 0 bridgehead atoms. The molecule has 0 fully saturated rings. The van der Waals surface area contributed by atoms with E-state index >= 15 is 0 Å². The summed E-state index contributed by atoms with van der Waals surface area (Å²) in [5, 5.41) is 2.71. The lowest BCUT2D eigenvalue weighted by atomic mass is 9.82. The van der Waals surface area contributed by atoms with E-state index < -0.39 is 0 Å². The molecular formula is C14H18ClNO2. The van der Waals surface area contributed by atoms with Gasteiger partial charge in [-0.1, -0.05) is 26.8 Å². The average molecular weight is 268 g/mol. The van der Waals surface area contributed by atoms with Crippen LogP contribution in [-0.2, 0) is 4.79 Å². The second kappa shape index (κ2) is 4.81. The molecule has 0 saturated carbocycles. The number of benzene rings is 1. The molecule has 1 aromatic carbocycles. The SMILES string of the molecule is CCC(C)(C)C(Cl)c1ccc2c(c1)NC(=O)CO2. The maximum Gasteiger partial charge on any atom is 0.262 e. The Labute approximate surface area is 112 Å². The van der Waals surface area contributed by atoms with Crippen molar-refractivity contribution in [2.45, 2.75) is 32.6 Å². The van der Waals surface area contributed by atoms with E-state index in [1.807, 2.05) is 18.2 Å². The molecule has 2 rings (SSSR count). The van der Waals surface area contributed by atoms with Crippen molar-refractivity contribution in [2.24, 2.45) is 5.41 Å². The van der Waals surface area contributed by atoms with Gasteiger partial charge >= 0.3 is 0 Å². The molecule has 18 heavy (non-hydrogen) atoms. The predicted octanol–water partition coefficient (Wildman–Crippen LogP) is 3.73. The molecule has 1 aliphatic rings. The van der Waals surface area contributed by atoms with Crippen LogP contribution < -0.4 is 10.1 Å². The van der Waals surface area contributed by atoms with Crippen LogP contribution in [-0.4, -0.2) is 12.5 Å². The summed E-state index contributed by atoms with van der Waals surface area (Å²) in [5.74, 6) is 0.581. The summed E-state index contributed by atoms with van der Waals surface area (Å²) in [6.45, 7) is 6.48. The number of amides is 1. The van der Waals surface area contributed by atoms with E-state index in [2.05, 4.69) is 26.1 Å². The second-order valence-corrected chi connectivity index (χ2v) is 5.73. The van der Waals surface area contributed by atoms with Crippen molar-refractivity contribution in [1.29, 1.82) is 0 Å². The fourth-order valence-electron chi connectivity index (χ4n) is 1.89. The number of ether oxygens (including phenoxy) is 1. The third kappa shape index (κ3) is 2.46. The number of alkyl halides is 1. The zero-order valence-electron chi connectivity index (χ0n) is 10.9. The number of halogens is 1. The minimum Gasteiger partial charge on any atom is -0.482 e. The molecule has 0 radical (unpaired) electrons. The summed E-state index contributed by atoms with van der Waals surface area (Å²) in [5.41, 5.74) is 1.73. The molecule has 0 aromatic heterocycles. The largest absolute Gasteiger partial charge is 0.482 e. The molecule has 1 N–H and O–H groups in total. The van der Waals surface area contributed by atoms with E-state index in [4.69, 9.17) is 16.3 Å². The Balaban J connectivity index is 2.31. The van der Waals surface area contributed by atoms with Crippen molar-refractivity contribution in [3.05, 3.63) is 23.8 Å². The van der Waals surface area contributed by atoms with Gasteiger partial charge in [-0.2, -0.15) is 0 Å². The molecule has 1 aromatic rings. The second-order valence-electron chi connectivity index (χ2n) is 5.30. The van der Waals surface area contributed by atoms with E-state index in [0.29, 0.717) is 11.4 Å². The van der Waals surface area contributed by atoms with Crippen molar-refractivity contribution in [3.8, 4) is 5.75 Å². The van der Waals surface area contributed by atoms with Crippen LogP contribution in [0.4, 0.5) is 5.69 Å². The van der Waals surface area contributed by atoms with Gasteiger partial charge in [0.2, 0.25) is 0 Å². The van der Waals surface area contributed by atoms with Crippen molar-refractivity contribution in [3.63, 3.8) is 0 Å². The predicted molar refractivity (Wildman–Crippen MR) is 73.2 cm³/mol. The molecule has 3 nitrogen and oxygen atoms in total. The molecule has 98 valence electrons. The lowest BCUT2D eigenvalue weighted by molar-refractivity contribution is -0.118. The molecule has 1 unspecified atom stereocenters. The van der Waals surface area contributed by atoms with E-state index in [0.717, 1.165) is 12.0 Å². The highest BCUT2D eigenvalue weighted by Crippen LogP contribution is 2.43. The zero-order chi connectivity index (χ0) is 13.3. The highest BCUT2D eigenvalue weighted by molar-refractivity contribution is 6.21. The summed E-state index contributed by atoms with van der Waals surface area (Å²) in [6, 6.07) is 5.73. The minimum atomic E-state index is -0.125. The first-order chi connectivity index (χ1) is 8.44. The maximum absolute atomic E-state index is 11.3. The smallest absolute Gasteiger partial charge is 0.262 e. The van der Waals surface area contributed by atoms with Crippen molar-refractivity contribution in [2.75, 3.05) is 11.9 Å². The summed E-state index contributed by atoms with van der Waals surface area (Å²) in [7, 11) is 0. The highest BCUT2D eigenvalue weighted by Gasteiger charge is 2.28. The van der Waals surface area contributed by atoms with Crippen LogP contribution in [0.25, 0.3) is 0 Å². The summed E-state index contributed by atoms with van der Waals surface area (Å²) in [6.07, 6.45) is 0.987. The molecule has 1 amide bonds. The molecule has 4 heteroatoms. The van der Waals surface area contributed by atoms with E-state index in [1.165, 1.54) is 0 Å². The molecule has 1 atom stereocenters. The van der Waals surface area contributed by atoms with E-state index in [9.17, 15) is 4.79 Å². The first-order valence-electron chi connectivity index (χ1n) is 6.14. The van der Waals surface area contributed by atoms with Gasteiger partial charge in [-0.15, -0.1) is 11.6 Å². The molecular weight excluding hydrogens is 250 g/mol. The van der Waals surface area contributed by atoms with Gasteiger partial charge in [-0.25, -0.2) is 0 Å². The number of carbonyl (C=O) groups excluding carboxylic acids is 1. The Morgan fingerprint density at radius 2 is 2.22 bits per heavy atom. The fourth-order valence-corrected chi connectivity index (χ4v) is 2.18. The van der Waals surface area contributed by atoms with Crippen LogP contribution in [0.15, 0.2) is 18.2 Å². The van der Waals surface area contributed by atoms with E-state index in [1.54, 1.807) is 0 Å². The van der Waals surface area contributed by atoms with Crippen molar-refractivity contribution < 1.29 is 9.53 Å². The van der Waals surface area contributed by atoms with Crippen LogP contribution in [0, 0.1) is 5.41 Å². The minimum absolute atomic E-state index is 0.00925. The topological polar surface area (TPSA) is 38.3 Å². The highest BCUT2D eigenvalue weighted by atomic mass is 35.5. The van der Waals surface area contributed by atoms with Crippen LogP contribution in [0.1, 0.15) is 38.1 Å². The number of anilines is 1. The number of carbonyl (C=O) groups is 1. The summed E-state index contributed by atoms with van der Waals surface area (Å²) in [4.78, 5) is 11.3. The third-order valence-electron chi connectivity index (χ3n) is 3.53. The van der Waals surface area contributed by atoms with Crippen LogP contribution in [0.5, 0.6) is 5.75 Å². The Bertz CT molecular complexity index is 471. The maximum atomic E-state index is 11.3. The zero-order valence-corrected chi connectivity index (χ0v) is 11.7. The fraction of sp³-hybridized carbons (Fsp3) is 0.500. The van der Waals surface area contributed by atoms with Crippen LogP contribution >= 0.6 is 11.6 Å². The van der Waals surface area contributed by atoms with Crippen LogP contribution in [0.2, 0.25) is 0 Å². The average Bonchev–Trinajstić information content (AvgIpc) is 2.36. The first-order valence-corrected chi connectivity index (χ1v) is 6.58. The van der Waals surface area contributed by atoms with Crippen molar-refractivity contribution >= 4 is 23.2 Å². The number of nitrogens with one attached hydrogen (secondary N) is 1. The lowest BCUT2D eigenvalue weighted by Gasteiger charge is -2.30. The monoisotopic (exact) mass is 267 g/mol. The molecule has 0 spiro atoms. The first kappa shape index (κ1) is 13.2. The molecule has 1 heterocycles. The Kier molecular flexibility index (Phi) is 3.53. The van der Waals surface area contributed by atoms with E-state index in [-0.39, 0.29) is 23.3 Å². The third-order valence-corrected chi connectivity index (χ3v) is 4.37. The van der Waals surface area contributed by atoms with Gasteiger partial charge < -0.3 is 10.1 Å². The van der Waals surface area contributed by atoms with Gasteiger partial charge in [0.05, 0.1) is 11.1 Å². The Morgan fingerprint density at radius 3 is 2.89 bits per heavy atom. The lowest BCUT2D eigenvalue weighted by Crippen LogP contribution is -2.25. The molecule has 1 aliphatic heterocycles.